The number of rotatable bonds is 3. The number of nitriles is 1. The van der Waals surface area contributed by atoms with Crippen molar-refractivity contribution in [1.29, 1.82) is 5.26 Å². The first-order valence-corrected chi connectivity index (χ1v) is 8.75. The van der Waals surface area contributed by atoms with Gasteiger partial charge in [0.2, 0.25) is 0 Å². The van der Waals surface area contributed by atoms with E-state index in [1.807, 2.05) is 67.6 Å². The molecule has 0 aliphatic rings. The highest BCUT2D eigenvalue weighted by molar-refractivity contribution is 5.77. The SMILES string of the molecule is Cc1cc(/C=C/c2cnc3ccccc3n2)c(C)n1-c1ccccc1C#N. The predicted octanol–water partition coefficient (Wildman–Crippen LogP) is 5.08. The molecule has 2 aromatic carbocycles. The van der Waals surface area contributed by atoms with Crippen LogP contribution in [0.1, 0.15) is 28.2 Å². The van der Waals surface area contributed by atoms with Crippen molar-refractivity contribution < 1.29 is 0 Å². The van der Waals surface area contributed by atoms with Crippen LogP contribution in [0.2, 0.25) is 0 Å². The van der Waals surface area contributed by atoms with E-state index in [-0.39, 0.29) is 0 Å². The van der Waals surface area contributed by atoms with Gasteiger partial charge >= 0.3 is 0 Å². The van der Waals surface area contributed by atoms with Crippen molar-refractivity contribution in [3.05, 3.63) is 89.0 Å². The van der Waals surface area contributed by atoms with Crippen LogP contribution in [-0.4, -0.2) is 14.5 Å². The van der Waals surface area contributed by atoms with Crippen LogP contribution in [0.4, 0.5) is 0 Å². The summed E-state index contributed by atoms with van der Waals surface area (Å²) >= 11 is 0. The number of hydrogen-bond acceptors (Lipinski definition) is 3. The second-order valence-electron chi connectivity index (χ2n) is 6.41. The van der Waals surface area contributed by atoms with Gasteiger partial charge in [-0.2, -0.15) is 5.26 Å². The lowest BCUT2D eigenvalue weighted by Gasteiger charge is -2.11. The maximum absolute atomic E-state index is 9.41. The lowest BCUT2D eigenvalue weighted by Crippen LogP contribution is -2.01. The van der Waals surface area contributed by atoms with Crippen molar-refractivity contribution in [2.75, 3.05) is 0 Å². The number of nitrogens with zero attached hydrogens (tertiary/aromatic N) is 4. The van der Waals surface area contributed by atoms with Gasteiger partial charge in [-0.1, -0.05) is 30.3 Å². The van der Waals surface area contributed by atoms with E-state index in [1.54, 1.807) is 6.20 Å². The molecular weight excluding hydrogens is 332 g/mol. The first-order valence-electron chi connectivity index (χ1n) is 8.75. The summed E-state index contributed by atoms with van der Waals surface area (Å²) in [5, 5.41) is 9.41. The Hall–Kier alpha value is -3.71. The van der Waals surface area contributed by atoms with E-state index in [0.29, 0.717) is 5.56 Å². The van der Waals surface area contributed by atoms with Gasteiger partial charge in [0, 0.05) is 11.4 Å². The Labute approximate surface area is 158 Å². The van der Waals surface area contributed by atoms with E-state index in [2.05, 4.69) is 33.6 Å². The molecule has 4 heteroatoms. The smallest absolute Gasteiger partial charge is 0.101 e. The first kappa shape index (κ1) is 16.7. The van der Waals surface area contributed by atoms with Crippen molar-refractivity contribution in [2.24, 2.45) is 0 Å². The molecule has 27 heavy (non-hydrogen) atoms. The molecule has 4 aromatic rings. The summed E-state index contributed by atoms with van der Waals surface area (Å²) in [6.45, 7) is 4.11. The average Bonchev–Trinajstić information content (AvgIpc) is 2.99. The lowest BCUT2D eigenvalue weighted by molar-refractivity contribution is 0.960. The van der Waals surface area contributed by atoms with E-state index in [9.17, 15) is 5.26 Å². The van der Waals surface area contributed by atoms with E-state index in [1.165, 1.54) is 0 Å². The second kappa shape index (κ2) is 6.89. The molecule has 2 heterocycles. The van der Waals surface area contributed by atoms with Gasteiger partial charge in [-0.25, -0.2) is 4.98 Å². The van der Waals surface area contributed by atoms with Crippen LogP contribution in [0.25, 0.3) is 28.9 Å². The molecule has 0 radical (unpaired) electrons. The zero-order chi connectivity index (χ0) is 18.8. The molecule has 0 fully saturated rings. The number of hydrogen-bond donors (Lipinski definition) is 0. The van der Waals surface area contributed by atoms with Gasteiger partial charge in [0.25, 0.3) is 0 Å². The van der Waals surface area contributed by atoms with Crippen molar-refractivity contribution in [1.82, 2.24) is 14.5 Å². The Morgan fingerprint density at radius 1 is 0.963 bits per heavy atom. The molecule has 0 spiro atoms. The minimum atomic E-state index is 0.662. The minimum absolute atomic E-state index is 0.662. The molecule has 0 N–H and O–H groups in total. The Kier molecular flexibility index (Phi) is 4.27. The third-order valence-electron chi connectivity index (χ3n) is 4.64. The third kappa shape index (κ3) is 3.11. The van der Waals surface area contributed by atoms with Gasteiger partial charge in [0.05, 0.1) is 34.2 Å². The molecule has 0 aliphatic heterocycles. The topological polar surface area (TPSA) is 54.5 Å². The van der Waals surface area contributed by atoms with E-state index in [0.717, 1.165) is 39.4 Å². The number of para-hydroxylation sites is 3. The molecule has 0 bridgehead atoms. The molecule has 0 unspecified atom stereocenters. The molecule has 0 saturated heterocycles. The summed E-state index contributed by atoms with van der Waals surface area (Å²) in [7, 11) is 0. The van der Waals surface area contributed by atoms with Crippen molar-refractivity contribution >= 4 is 23.2 Å². The lowest BCUT2D eigenvalue weighted by atomic mass is 10.2. The van der Waals surface area contributed by atoms with E-state index in [4.69, 9.17) is 0 Å². The largest absolute Gasteiger partial charge is 0.317 e. The molecule has 4 rings (SSSR count). The zero-order valence-electron chi connectivity index (χ0n) is 15.2. The summed E-state index contributed by atoms with van der Waals surface area (Å²) < 4.78 is 2.12. The van der Waals surface area contributed by atoms with Crippen molar-refractivity contribution in [3.63, 3.8) is 0 Å². The van der Waals surface area contributed by atoms with E-state index < -0.39 is 0 Å². The number of fused-ring (bicyclic) bond motifs is 1. The maximum atomic E-state index is 9.41. The third-order valence-corrected chi connectivity index (χ3v) is 4.64. The number of aromatic nitrogens is 3. The van der Waals surface area contributed by atoms with Crippen LogP contribution in [0.5, 0.6) is 0 Å². The van der Waals surface area contributed by atoms with Gasteiger partial charge in [0.15, 0.2) is 0 Å². The Morgan fingerprint density at radius 3 is 2.52 bits per heavy atom. The van der Waals surface area contributed by atoms with Crippen LogP contribution < -0.4 is 0 Å². The summed E-state index contributed by atoms with van der Waals surface area (Å²) in [6, 6.07) is 19.9. The summed E-state index contributed by atoms with van der Waals surface area (Å²) in [5.41, 5.74) is 7.41. The van der Waals surface area contributed by atoms with Crippen LogP contribution in [-0.2, 0) is 0 Å². The molecule has 0 saturated carbocycles. The maximum Gasteiger partial charge on any atom is 0.101 e. The highest BCUT2D eigenvalue weighted by Gasteiger charge is 2.12. The van der Waals surface area contributed by atoms with Crippen LogP contribution in [0.3, 0.4) is 0 Å². The number of benzene rings is 2. The van der Waals surface area contributed by atoms with Gasteiger partial charge in [-0.3, -0.25) is 4.98 Å². The summed E-state index contributed by atoms with van der Waals surface area (Å²) in [5.74, 6) is 0. The normalized spacial score (nSPS) is 11.1. The summed E-state index contributed by atoms with van der Waals surface area (Å²) in [4.78, 5) is 9.09. The number of aryl methyl sites for hydroxylation is 1. The highest BCUT2D eigenvalue weighted by atomic mass is 15.0. The predicted molar refractivity (Wildman–Crippen MR) is 108 cm³/mol. The Morgan fingerprint density at radius 2 is 1.70 bits per heavy atom. The molecule has 0 aliphatic carbocycles. The fourth-order valence-electron chi connectivity index (χ4n) is 3.32. The molecule has 0 amide bonds. The summed E-state index contributed by atoms with van der Waals surface area (Å²) in [6.07, 6.45) is 5.80. The van der Waals surface area contributed by atoms with Gasteiger partial charge in [-0.05, 0) is 55.8 Å². The van der Waals surface area contributed by atoms with Crippen LogP contribution in [0.15, 0.2) is 60.8 Å². The fraction of sp³-hybridized carbons (Fsp3) is 0.0870. The molecule has 0 atom stereocenters. The average molecular weight is 350 g/mol. The first-order chi connectivity index (χ1) is 13.2. The quantitative estimate of drug-likeness (QED) is 0.518. The minimum Gasteiger partial charge on any atom is -0.317 e. The van der Waals surface area contributed by atoms with Gasteiger partial charge in [-0.15, -0.1) is 0 Å². The molecular formula is C23H18N4. The Balaban J connectivity index is 1.73. The fourth-order valence-corrected chi connectivity index (χ4v) is 3.32. The zero-order valence-corrected chi connectivity index (χ0v) is 15.2. The van der Waals surface area contributed by atoms with Crippen LogP contribution >= 0.6 is 0 Å². The van der Waals surface area contributed by atoms with Crippen molar-refractivity contribution in [3.8, 4) is 11.8 Å². The van der Waals surface area contributed by atoms with E-state index >= 15 is 0 Å². The van der Waals surface area contributed by atoms with Gasteiger partial charge < -0.3 is 4.57 Å². The highest BCUT2D eigenvalue weighted by Crippen LogP contribution is 2.24. The van der Waals surface area contributed by atoms with Crippen LogP contribution in [0, 0.1) is 25.2 Å². The monoisotopic (exact) mass is 350 g/mol. The second-order valence-corrected chi connectivity index (χ2v) is 6.41. The Bertz CT molecular complexity index is 1210. The molecule has 130 valence electrons. The standard InChI is InChI=1S/C23H18N4/c1-16-13-18(17(2)27(16)23-10-6-3-7-19(23)14-24)11-12-20-15-25-21-8-4-5-9-22(21)26-20/h3-13,15H,1-2H3/b12-11+. The van der Waals surface area contributed by atoms with Gasteiger partial charge in [0.1, 0.15) is 6.07 Å². The molecule has 4 nitrogen and oxygen atoms in total. The molecule has 2 aromatic heterocycles. The van der Waals surface area contributed by atoms with Crippen molar-refractivity contribution in [2.45, 2.75) is 13.8 Å².